The summed E-state index contributed by atoms with van der Waals surface area (Å²) < 4.78 is 7.18. The molecule has 2 aliphatic rings. The second-order valence-corrected chi connectivity index (χ2v) is 10.0. The van der Waals surface area contributed by atoms with E-state index >= 15 is 0 Å². The zero-order valence-corrected chi connectivity index (χ0v) is 20.5. The second-order valence-electron chi connectivity index (χ2n) is 10.0. The largest absolute Gasteiger partial charge is 0.444 e. The monoisotopic (exact) mass is 507 g/mol. The number of anilines is 1. The lowest BCUT2D eigenvalue weighted by Gasteiger charge is -2.15. The number of H-pyrrole nitrogens is 1. The van der Waals surface area contributed by atoms with Crippen LogP contribution < -0.4 is 16.2 Å². The maximum atomic E-state index is 13.6. The molecule has 0 unspecified atom stereocenters. The number of benzene rings is 1. The van der Waals surface area contributed by atoms with Gasteiger partial charge in [-0.1, -0.05) is 18.2 Å². The van der Waals surface area contributed by atoms with E-state index < -0.39 is 6.04 Å². The molecule has 0 radical (unpaired) electrons. The molecule has 1 spiro atoms. The number of rotatable bonds is 7. The summed E-state index contributed by atoms with van der Waals surface area (Å²) in [6, 6.07) is 12.9. The average Bonchev–Trinajstić information content (AvgIpc) is 3.27. The van der Waals surface area contributed by atoms with Crippen molar-refractivity contribution in [3.05, 3.63) is 94.9 Å². The summed E-state index contributed by atoms with van der Waals surface area (Å²) in [5, 5.41) is 7.14. The van der Waals surface area contributed by atoms with Crippen LogP contribution in [0.15, 0.2) is 76.5 Å². The van der Waals surface area contributed by atoms with E-state index in [1.54, 1.807) is 29.4 Å². The van der Waals surface area contributed by atoms with E-state index in [1.165, 1.54) is 0 Å². The first-order chi connectivity index (χ1) is 18.6. The normalized spacial score (nSPS) is 17.0. The fourth-order valence-electron chi connectivity index (χ4n) is 5.33. The minimum Gasteiger partial charge on any atom is -0.444 e. The van der Waals surface area contributed by atoms with Crippen LogP contribution in [-0.4, -0.2) is 30.4 Å². The topological polar surface area (TPSA) is 131 Å². The van der Waals surface area contributed by atoms with E-state index in [0.717, 1.165) is 35.0 Å². The number of nitrogens with zero attached hydrogens (tertiary/aromatic N) is 4. The van der Waals surface area contributed by atoms with Crippen molar-refractivity contribution in [1.29, 1.82) is 0 Å². The molecule has 5 heterocycles. The zero-order valence-electron chi connectivity index (χ0n) is 20.5. The summed E-state index contributed by atoms with van der Waals surface area (Å²) in [5.41, 5.74) is 3.29. The SMILES string of the molecule is O=C(NCc1cc2cnccc2[nH]1)[C@H]1CC2(CC2)c2ncc(NCc3coc(-c4ccccc4)n3)c(=O)n21. The van der Waals surface area contributed by atoms with E-state index in [-0.39, 0.29) is 16.9 Å². The third kappa shape index (κ3) is 3.85. The van der Waals surface area contributed by atoms with Crippen molar-refractivity contribution in [2.24, 2.45) is 0 Å². The van der Waals surface area contributed by atoms with Gasteiger partial charge in [0, 0.05) is 40.0 Å². The first-order valence-corrected chi connectivity index (χ1v) is 12.6. The molecular formula is C28H25N7O3. The number of hydrogen-bond acceptors (Lipinski definition) is 7. The Morgan fingerprint density at radius 3 is 2.84 bits per heavy atom. The number of nitrogens with one attached hydrogen (secondary N) is 3. The number of aromatic nitrogens is 5. The molecule has 1 saturated carbocycles. The predicted octanol–water partition coefficient (Wildman–Crippen LogP) is 3.68. The maximum Gasteiger partial charge on any atom is 0.277 e. The van der Waals surface area contributed by atoms with Gasteiger partial charge >= 0.3 is 0 Å². The Labute approximate surface area is 217 Å². The Bertz CT molecular complexity index is 1680. The van der Waals surface area contributed by atoms with Gasteiger partial charge in [0.25, 0.3) is 5.56 Å². The highest BCUT2D eigenvalue weighted by molar-refractivity contribution is 5.82. The van der Waals surface area contributed by atoms with Crippen molar-refractivity contribution < 1.29 is 9.21 Å². The van der Waals surface area contributed by atoms with Crippen LogP contribution >= 0.6 is 0 Å². The van der Waals surface area contributed by atoms with Crippen molar-refractivity contribution >= 4 is 22.5 Å². The molecule has 0 saturated heterocycles. The highest BCUT2D eigenvalue weighted by atomic mass is 16.3. The van der Waals surface area contributed by atoms with Crippen molar-refractivity contribution in [2.75, 3.05) is 5.32 Å². The fraction of sp³-hybridized carbons (Fsp3) is 0.250. The molecule has 5 aromatic rings. The van der Waals surface area contributed by atoms with Crippen LogP contribution in [0.1, 0.15) is 42.5 Å². The number of aromatic amines is 1. The maximum absolute atomic E-state index is 13.6. The smallest absolute Gasteiger partial charge is 0.277 e. The van der Waals surface area contributed by atoms with Crippen LogP contribution in [0, 0.1) is 0 Å². The lowest BCUT2D eigenvalue weighted by molar-refractivity contribution is -0.124. The number of fused-ring (bicyclic) bond motifs is 3. The lowest BCUT2D eigenvalue weighted by atomic mass is 10.0. The number of carbonyl (C=O) groups is 1. The summed E-state index contributed by atoms with van der Waals surface area (Å²) in [6.45, 7) is 0.631. The van der Waals surface area contributed by atoms with Gasteiger partial charge in [-0.15, -0.1) is 0 Å². The molecule has 7 rings (SSSR count). The molecule has 1 amide bonds. The van der Waals surface area contributed by atoms with Gasteiger partial charge in [0.15, 0.2) is 0 Å². The Morgan fingerprint density at radius 1 is 1.16 bits per heavy atom. The van der Waals surface area contributed by atoms with E-state index in [4.69, 9.17) is 4.42 Å². The first-order valence-electron chi connectivity index (χ1n) is 12.6. The average molecular weight is 508 g/mol. The zero-order chi connectivity index (χ0) is 25.7. The molecule has 3 N–H and O–H groups in total. The minimum atomic E-state index is -0.600. The fourth-order valence-corrected chi connectivity index (χ4v) is 5.33. The third-order valence-corrected chi connectivity index (χ3v) is 7.48. The number of hydrogen-bond donors (Lipinski definition) is 3. The van der Waals surface area contributed by atoms with Gasteiger partial charge in [-0.3, -0.25) is 19.1 Å². The number of carbonyl (C=O) groups excluding carboxylic acids is 1. The van der Waals surface area contributed by atoms with E-state index in [9.17, 15) is 9.59 Å². The summed E-state index contributed by atoms with van der Waals surface area (Å²) in [6.07, 6.45) is 9.11. The molecule has 1 fully saturated rings. The second kappa shape index (κ2) is 8.69. The Kier molecular flexibility index (Phi) is 5.14. The van der Waals surface area contributed by atoms with Crippen LogP contribution in [0.4, 0.5) is 5.69 Å². The Balaban J connectivity index is 1.09. The molecule has 1 aliphatic carbocycles. The molecule has 10 heteroatoms. The number of oxazole rings is 1. The Morgan fingerprint density at radius 2 is 2.03 bits per heavy atom. The predicted molar refractivity (Wildman–Crippen MR) is 140 cm³/mol. The van der Waals surface area contributed by atoms with E-state index in [2.05, 4.69) is 30.6 Å². The molecule has 1 atom stereocenters. The van der Waals surface area contributed by atoms with Crippen LogP contribution in [0.3, 0.4) is 0 Å². The Hall–Kier alpha value is -4.73. The molecular weight excluding hydrogens is 482 g/mol. The van der Waals surface area contributed by atoms with Crippen LogP contribution in [0.25, 0.3) is 22.4 Å². The van der Waals surface area contributed by atoms with Crippen molar-refractivity contribution in [1.82, 2.24) is 29.8 Å². The molecule has 190 valence electrons. The summed E-state index contributed by atoms with van der Waals surface area (Å²) in [7, 11) is 0. The van der Waals surface area contributed by atoms with Crippen LogP contribution in [0.5, 0.6) is 0 Å². The summed E-state index contributed by atoms with van der Waals surface area (Å²) in [5.74, 6) is 1.04. The van der Waals surface area contributed by atoms with Gasteiger partial charge in [-0.25, -0.2) is 9.97 Å². The van der Waals surface area contributed by atoms with Crippen molar-refractivity contribution in [2.45, 2.75) is 43.8 Å². The number of amides is 1. The molecule has 10 nitrogen and oxygen atoms in total. The van der Waals surface area contributed by atoms with E-state index in [0.29, 0.717) is 42.6 Å². The van der Waals surface area contributed by atoms with Gasteiger partial charge in [0.05, 0.1) is 25.0 Å². The molecule has 1 aliphatic heterocycles. The molecule has 1 aromatic carbocycles. The minimum absolute atomic E-state index is 0.177. The van der Waals surface area contributed by atoms with E-state index in [1.807, 2.05) is 42.5 Å². The third-order valence-electron chi connectivity index (χ3n) is 7.48. The van der Waals surface area contributed by atoms with Gasteiger partial charge in [0.2, 0.25) is 11.8 Å². The number of pyridine rings is 1. The van der Waals surface area contributed by atoms with Crippen molar-refractivity contribution in [3.63, 3.8) is 0 Å². The first kappa shape index (κ1) is 22.5. The van der Waals surface area contributed by atoms with Crippen LogP contribution in [0.2, 0.25) is 0 Å². The van der Waals surface area contributed by atoms with Gasteiger partial charge < -0.3 is 20.0 Å². The van der Waals surface area contributed by atoms with Gasteiger partial charge in [0.1, 0.15) is 23.8 Å². The standard InChI is InChI=1S/C28H25N7O3/c36-24(31-13-19-10-18-12-29-9-6-21(18)33-19)23-11-28(7-8-28)27-32-15-22(26(37)35(23)27)30-14-20-16-38-25(34-20)17-4-2-1-3-5-17/h1-6,9-10,12,15-16,23,30,33H,7-8,11,13-14H2,(H,31,36)/t23-/m1/s1. The van der Waals surface area contributed by atoms with Gasteiger partial charge in [-0.05, 0) is 43.5 Å². The molecule has 38 heavy (non-hydrogen) atoms. The highest BCUT2D eigenvalue weighted by Crippen LogP contribution is 2.56. The summed E-state index contributed by atoms with van der Waals surface area (Å²) >= 11 is 0. The van der Waals surface area contributed by atoms with Crippen molar-refractivity contribution in [3.8, 4) is 11.5 Å². The lowest BCUT2D eigenvalue weighted by Crippen LogP contribution is -2.36. The molecule has 4 aromatic heterocycles. The molecule has 0 bridgehead atoms. The van der Waals surface area contributed by atoms with Gasteiger partial charge in [-0.2, -0.15) is 0 Å². The quantitative estimate of drug-likeness (QED) is 0.306. The highest BCUT2D eigenvalue weighted by Gasteiger charge is 2.56. The summed E-state index contributed by atoms with van der Waals surface area (Å²) in [4.78, 5) is 43.5. The van der Waals surface area contributed by atoms with Crippen LogP contribution in [-0.2, 0) is 23.3 Å².